The topological polar surface area (TPSA) is 55.2 Å². The quantitative estimate of drug-likeness (QED) is 0.395. The molecule has 0 aliphatic heterocycles. The largest absolute Gasteiger partial charge is 0.465 e. The van der Waals surface area contributed by atoms with E-state index in [0.717, 1.165) is 43.7 Å². The van der Waals surface area contributed by atoms with Crippen LogP contribution in [0.1, 0.15) is 21.5 Å². The Kier molecular flexibility index (Phi) is 4.40. The first-order valence-electron chi connectivity index (χ1n) is 8.56. The number of aromatic amines is 1. The van der Waals surface area contributed by atoms with E-state index in [0.29, 0.717) is 5.56 Å². The molecule has 0 fully saturated rings. The van der Waals surface area contributed by atoms with Crippen molar-refractivity contribution in [2.24, 2.45) is 0 Å². The van der Waals surface area contributed by atoms with E-state index in [-0.39, 0.29) is 5.97 Å². The number of H-pyrrole nitrogens is 1. The highest BCUT2D eigenvalue weighted by atomic mass is 79.9. The van der Waals surface area contributed by atoms with Crippen molar-refractivity contribution in [1.29, 1.82) is 0 Å². The highest BCUT2D eigenvalue weighted by Gasteiger charge is 2.18. The molecule has 27 heavy (non-hydrogen) atoms. The molecule has 5 heteroatoms. The number of furan rings is 1. The van der Waals surface area contributed by atoms with E-state index in [2.05, 4.69) is 40.0 Å². The van der Waals surface area contributed by atoms with E-state index in [4.69, 9.17) is 9.15 Å². The van der Waals surface area contributed by atoms with Gasteiger partial charge in [0.15, 0.2) is 5.76 Å². The van der Waals surface area contributed by atoms with Crippen molar-refractivity contribution < 1.29 is 13.9 Å². The number of halogens is 1. The molecule has 4 nitrogen and oxygen atoms in total. The number of benzene rings is 2. The first-order chi connectivity index (χ1) is 13.0. The standard InChI is InChI=1S/C22H18BrNO3/c1-12-4-5-13(2)20-18(12)19(23)21(27-20)17-11-10-16(24-17)14-6-8-15(9-7-14)22(25)26-3/h4-11,24H,1-3H3. The summed E-state index contributed by atoms with van der Waals surface area (Å²) in [5.74, 6) is 0.436. The third-order valence-corrected chi connectivity index (χ3v) is 5.49. The molecule has 0 unspecified atom stereocenters. The molecular formula is C22H18BrNO3. The van der Waals surface area contributed by atoms with Crippen molar-refractivity contribution in [1.82, 2.24) is 4.98 Å². The lowest BCUT2D eigenvalue weighted by atomic mass is 10.1. The van der Waals surface area contributed by atoms with Crippen LogP contribution in [0.15, 0.2) is 57.4 Å². The highest BCUT2D eigenvalue weighted by molar-refractivity contribution is 9.10. The van der Waals surface area contributed by atoms with E-state index < -0.39 is 0 Å². The lowest BCUT2D eigenvalue weighted by molar-refractivity contribution is 0.0601. The molecule has 4 rings (SSSR count). The van der Waals surface area contributed by atoms with Crippen LogP contribution in [0.4, 0.5) is 0 Å². The number of ether oxygens (including phenoxy) is 1. The number of hydrogen-bond donors (Lipinski definition) is 1. The molecule has 0 atom stereocenters. The molecule has 2 aromatic heterocycles. The Morgan fingerprint density at radius 1 is 0.963 bits per heavy atom. The second-order valence-corrected chi connectivity index (χ2v) is 7.30. The van der Waals surface area contributed by atoms with Crippen molar-refractivity contribution >= 4 is 32.9 Å². The average Bonchev–Trinajstić information content (AvgIpc) is 3.30. The number of esters is 1. The van der Waals surface area contributed by atoms with Crippen molar-refractivity contribution in [3.8, 4) is 22.7 Å². The van der Waals surface area contributed by atoms with Crippen LogP contribution in [-0.4, -0.2) is 18.1 Å². The third-order valence-electron chi connectivity index (χ3n) is 4.73. The predicted octanol–water partition coefficient (Wildman–Crippen LogP) is 6.26. The molecule has 0 spiro atoms. The number of hydrogen-bond acceptors (Lipinski definition) is 3. The summed E-state index contributed by atoms with van der Waals surface area (Å²) >= 11 is 3.71. The van der Waals surface area contributed by atoms with Crippen LogP contribution in [0, 0.1) is 13.8 Å². The fraction of sp³-hybridized carbons (Fsp3) is 0.136. The van der Waals surface area contributed by atoms with Crippen LogP contribution in [-0.2, 0) is 4.74 Å². The summed E-state index contributed by atoms with van der Waals surface area (Å²) in [7, 11) is 1.38. The molecular weight excluding hydrogens is 406 g/mol. The van der Waals surface area contributed by atoms with Crippen LogP contribution < -0.4 is 0 Å². The minimum atomic E-state index is -0.342. The van der Waals surface area contributed by atoms with Crippen LogP contribution in [0.25, 0.3) is 33.7 Å². The Morgan fingerprint density at radius 2 is 1.63 bits per heavy atom. The summed E-state index contributed by atoms with van der Waals surface area (Å²) in [5.41, 5.74) is 6.52. The Balaban J connectivity index is 1.74. The van der Waals surface area contributed by atoms with Gasteiger partial charge in [0.1, 0.15) is 5.58 Å². The van der Waals surface area contributed by atoms with Gasteiger partial charge in [-0.1, -0.05) is 24.3 Å². The minimum absolute atomic E-state index is 0.342. The van der Waals surface area contributed by atoms with Crippen LogP contribution >= 0.6 is 15.9 Å². The van der Waals surface area contributed by atoms with Gasteiger partial charge >= 0.3 is 5.97 Å². The highest BCUT2D eigenvalue weighted by Crippen LogP contribution is 2.40. The summed E-state index contributed by atoms with van der Waals surface area (Å²) in [6.07, 6.45) is 0. The van der Waals surface area contributed by atoms with Crippen LogP contribution in [0.3, 0.4) is 0 Å². The van der Waals surface area contributed by atoms with Crippen molar-refractivity contribution in [3.63, 3.8) is 0 Å². The summed E-state index contributed by atoms with van der Waals surface area (Å²) in [4.78, 5) is 15.0. The maximum absolute atomic E-state index is 11.6. The lowest BCUT2D eigenvalue weighted by Gasteiger charge is -2.01. The number of fused-ring (bicyclic) bond motifs is 1. The molecule has 0 saturated heterocycles. The number of carbonyl (C=O) groups excluding carboxylic acids is 1. The second-order valence-electron chi connectivity index (χ2n) is 6.50. The maximum atomic E-state index is 11.6. The van der Waals surface area contributed by atoms with Crippen molar-refractivity contribution in [2.45, 2.75) is 13.8 Å². The molecule has 0 aliphatic rings. The Hall–Kier alpha value is -2.79. The van der Waals surface area contributed by atoms with Crippen molar-refractivity contribution in [3.05, 3.63) is 69.7 Å². The third kappa shape index (κ3) is 2.98. The molecule has 2 aromatic carbocycles. The van der Waals surface area contributed by atoms with E-state index in [1.54, 1.807) is 12.1 Å². The zero-order chi connectivity index (χ0) is 19.1. The summed E-state index contributed by atoms with van der Waals surface area (Å²) in [6, 6.07) is 15.5. The first kappa shape index (κ1) is 17.6. The monoisotopic (exact) mass is 423 g/mol. The molecule has 2 heterocycles. The first-order valence-corrected chi connectivity index (χ1v) is 9.35. The molecule has 4 aromatic rings. The van der Waals surface area contributed by atoms with Gasteiger partial charge in [-0.25, -0.2) is 4.79 Å². The summed E-state index contributed by atoms with van der Waals surface area (Å²) in [5, 5.41) is 1.10. The number of nitrogens with one attached hydrogen (secondary N) is 1. The van der Waals surface area contributed by atoms with Gasteiger partial charge in [0, 0.05) is 11.1 Å². The van der Waals surface area contributed by atoms with Gasteiger partial charge in [-0.2, -0.15) is 0 Å². The fourth-order valence-electron chi connectivity index (χ4n) is 3.22. The number of methoxy groups -OCH3 is 1. The molecule has 0 saturated carbocycles. The van der Waals surface area contributed by atoms with E-state index in [9.17, 15) is 4.79 Å². The minimum Gasteiger partial charge on any atom is -0.465 e. The lowest BCUT2D eigenvalue weighted by Crippen LogP contribution is -2.00. The van der Waals surface area contributed by atoms with Gasteiger partial charge in [-0.3, -0.25) is 0 Å². The fourth-order valence-corrected chi connectivity index (χ4v) is 4.01. The second kappa shape index (κ2) is 6.74. The van der Waals surface area contributed by atoms with Gasteiger partial charge in [0.05, 0.1) is 22.8 Å². The van der Waals surface area contributed by atoms with Crippen molar-refractivity contribution in [2.75, 3.05) is 7.11 Å². The number of carbonyl (C=O) groups is 1. The predicted molar refractivity (Wildman–Crippen MR) is 110 cm³/mol. The van der Waals surface area contributed by atoms with E-state index in [1.807, 2.05) is 31.2 Å². The maximum Gasteiger partial charge on any atom is 0.337 e. The molecule has 0 radical (unpaired) electrons. The summed E-state index contributed by atoms with van der Waals surface area (Å²) in [6.45, 7) is 4.12. The average molecular weight is 424 g/mol. The zero-order valence-electron chi connectivity index (χ0n) is 15.2. The Morgan fingerprint density at radius 3 is 2.30 bits per heavy atom. The van der Waals surface area contributed by atoms with E-state index in [1.165, 1.54) is 12.7 Å². The van der Waals surface area contributed by atoms with Gasteiger partial charge in [0.2, 0.25) is 0 Å². The van der Waals surface area contributed by atoms with E-state index >= 15 is 0 Å². The number of aromatic nitrogens is 1. The van der Waals surface area contributed by atoms with Gasteiger partial charge in [0.25, 0.3) is 0 Å². The molecule has 0 aliphatic carbocycles. The SMILES string of the molecule is COC(=O)c1ccc(-c2ccc(-c3oc4c(C)ccc(C)c4c3Br)[nH]2)cc1. The molecule has 0 bridgehead atoms. The van der Waals surface area contributed by atoms with Gasteiger partial charge in [-0.05, 0) is 70.7 Å². The Labute approximate surface area is 165 Å². The van der Waals surface area contributed by atoms with Crippen LogP contribution in [0.2, 0.25) is 0 Å². The molecule has 136 valence electrons. The van der Waals surface area contributed by atoms with Gasteiger partial charge in [-0.15, -0.1) is 0 Å². The molecule has 1 N–H and O–H groups in total. The molecule has 0 amide bonds. The smallest absolute Gasteiger partial charge is 0.337 e. The number of rotatable bonds is 3. The van der Waals surface area contributed by atoms with Gasteiger partial charge < -0.3 is 14.1 Å². The Bertz CT molecular complexity index is 1150. The van der Waals surface area contributed by atoms with Crippen LogP contribution in [0.5, 0.6) is 0 Å². The zero-order valence-corrected chi connectivity index (χ0v) is 16.8. The summed E-state index contributed by atoms with van der Waals surface area (Å²) < 4.78 is 11.9. The number of aryl methyl sites for hydroxylation is 2. The normalized spacial score (nSPS) is 11.1.